The van der Waals surface area contributed by atoms with Crippen LogP contribution in [0, 0.1) is 0 Å². The highest BCUT2D eigenvalue weighted by Crippen LogP contribution is 2.20. The zero-order valence-electron chi connectivity index (χ0n) is 11.6. The first kappa shape index (κ1) is 12.6. The lowest BCUT2D eigenvalue weighted by atomic mass is 10.0. The molecule has 3 heteroatoms. The summed E-state index contributed by atoms with van der Waals surface area (Å²) >= 11 is 0. The number of hydrogen-bond acceptors (Lipinski definition) is 2. The molecule has 100 valence electrons. The predicted molar refractivity (Wildman–Crippen MR) is 81.9 cm³/mol. The second kappa shape index (κ2) is 4.93. The molecule has 3 rings (SSSR count). The smallest absolute Gasteiger partial charge is 0.259 e. The Bertz CT molecular complexity index is 804. The van der Waals surface area contributed by atoms with Crippen molar-refractivity contribution in [1.82, 2.24) is 9.97 Å². The van der Waals surface area contributed by atoms with E-state index in [-0.39, 0.29) is 5.56 Å². The van der Waals surface area contributed by atoms with E-state index < -0.39 is 0 Å². The quantitative estimate of drug-likeness (QED) is 0.766. The summed E-state index contributed by atoms with van der Waals surface area (Å²) < 4.78 is 0. The first-order valence-electron chi connectivity index (χ1n) is 6.74. The van der Waals surface area contributed by atoms with E-state index in [9.17, 15) is 4.79 Å². The molecule has 0 aliphatic heterocycles. The molecule has 0 amide bonds. The largest absolute Gasteiger partial charge is 0.306 e. The topological polar surface area (TPSA) is 45.8 Å². The summed E-state index contributed by atoms with van der Waals surface area (Å²) in [6.07, 6.45) is 0. The van der Waals surface area contributed by atoms with Crippen molar-refractivity contribution in [2.75, 3.05) is 0 Å². The number of fused-ring (bicyclic) bond motifs is 1. The van der Waals surface area contributed by atoms with Crippen LogP contribution in [0.2, 0.25) is 0 Å². The summed E-state index contributed by atoms with van der Waals surface area (Å²) in [5.41, 5.74) is 2.71. The van der Waals surface area contributed by atoms with Crippen molar-refractivity contribution in [1.29, 1.82) is 0 Å². The Morgan fingerprint density at radius 1 is 1.05 bits per heavy atom. The van der Waals surface area contributed by atoms with E-state index in [1.54, 1.807) is 0 Å². The van der Waals surface area contributed by atoms with Crippen LogP contribution in [-0.4, -0.2) is 9.97 Å². The molecule has 1 heterocycles. The Labute approximate surface area is 117 Å². The third-order valence-electron chi connectivity index (χ3n) is 3.44. The van der Waals surface area contributed by atoms with Gasteiger partial charge >= 0.3 is 0 Å². The molecule has 0 radical (unpaired) electrons. The number of hydrogen-bond donors (Lipinski definition) is 1. The first-order chi connectivity index (χ1) is 9.65. The van der Waals surface area contributed by atoms with Gasteiger partial charge in [0.15, 0.2) is 0 Å². The summed E-state index contributed by atoms with van der Waals surface area (Å²) in [5.74, 6) is 1.01. The minimum absolute atomic E-state index is 0.0867. The van der Waals surface area contributed by atoms with Gasteiger partial charge in [-0.1, -0.05) is 50.2 Å². The molecule has 1 aromatic heterocycles. The van der Waals surface area contributed by atoms with Gasteiger partial charge in [-0.25, -0.2) is 4.98 Å². The van der Waals surface area contributed by atoms with Crippen molar-refractivity contribution in [3.63, 3.8) is 0 Å². The average molecular weight is 264 g/mol. The molecule has 0 unspecified atom stereocenters. The molecule has 0 bridgehead atoms. The SMILES string of the molecule is CC(C)c1ccc2nc(-c3ccccc3)[nH]c(=O)c2c1. The van der Waals surface area contributed by atoms with E-state index in [2.05, 4.69) is 23.8 Å². The van der Waals surface area contributed by atoms with Crippen LogP contribution in [0.1, 0.15) is 25.3 Å². The molecule has 0 saturated carbocycles. The molecule has 0 atom stereocenters. The van der Waals surface area contributed by atoms with E-state index in [4.69, 9.17) is 0 Å². The number of benzene rings is 2. The summed E-state index contributed by atoms with van der Waals surface area (Å²) in [6.45, 7) is 4.22. The molecule has 0 spiro atoms. The Kier molecular flexibility index (Phi) is 3.11. The Morgan fingerprint density at radius 3 is 2.50 bits per heavy atom. The molecule has 0 aliphatic carbocycles. The highest BCUT2D eigenvalue weighted by atomic mass is 16.1. The van der Waals surface area contributed by atoms with Gasteiger partial charge in [-0.15, -0.1) is 0 Å². The van der Waals surface area contributed by atoms with Crippen LogP contribution >= 0.6 is 0 Å². The third kappa shape index (κ3) is 2.23. The maximum absolute atomic E-state index is 12.3. The molecule has 0 fully saturated rings. The zero-order chi connectivity index (χ0) is 14.1. The van der Waals surface area contributed by atoms with E-state index in [1.807, 2.05) is 48.5 Å². The fourth-order valence-electron chi connectivity index (χ4n) is 2.25. The van der Waals surface area contributed by atoms with Crippen LogP contribution in [0.5, 0.6) is 0 Å². The standard InChI is InChI=1S/C17H16N2O/c1-11(2)13-8-9-15-14(10-13)17(20)19-16(18-15)12-6-4-3-5-7-12/h3-11H,1-2H3,(H,18,19,20). The summed E-state index contributed by atoms with van der Waals surface area (Å²) in [6, 6.07) is 15.6. The van der Waals surface area contributed by atoms with Crippen LogP contribution in [0.15, 0.2) is 53.3 Å². The second-order valence-corrected chi connectivity index (χ2v) is 5.21. The van der Waals surface area contributed by atoms with Crippen LogP contribution in [-0.2, 0) is 0 Å². The van der Waals surface area contributed by atoms with Gasteiger partial charge in [0.2, 0.25) is 0 Å². The number of H-pyrrole nitrogens is 1. The molecule has 2 aromatic carbocycles. The van der Waals surface area contributed by atoms with E-state index in [0.29, 0.717) is 17.1 Å². The summed E-state index contributed by atoms with van der Waals surface area (Å²) in [5, 5.41) is 0.649. The molecule has 3 nitrogen and oxygen atoms in total. The molecule has 0 aliphatic rings. The molecular weight excluding hydrogens is 248 g/mol. The fraction of sp³-hybridized carbons (Fsp3) is 0.176. The monoisotopic (exact) mass is 264 g/mol. The van der Waals surface area contributed by atoms with Gasteiger partial charge in [0.25, 0.3) is 5.56 Å². The highest BCUT2D eigenvalue weighted by Gasteiger charge is 2.07. The fourth-order valence-corrected chi connectivity index (χ4v) is 2.25. The van der Waals surface area contributed by atoms with E-state index >= 15 is 0 Å². The van der Waals surface area contributed by atoms with Gasteiger partial charge in [-0.05, 0) is 23.6 Å². The van der Waals surface area contributed by atoms with Crippen LogP contribution in [0.3, 0.4) is 0 Å². The van der Waals surface area contributed by atoms with Crippen LogP contribution in [0.4, 0.5) is 0 Å². The molecular formula is C17H16N2O. The van der Waals surface area contributed by atoms with Gasteiger partial charge in [0, 0.05) is 5.56 Å². The Hall–Kier alpha value is -2.42. The lowest BCUT2D eigenvalue weighted by Crippen LogP contribution is -2.10. The van der Waals surface area contributed by atoms with Gasteiger partial charge < -0.3 is 4.98 Å². The number of aromatic amines is 1. The lowest BCUT2D eigenvalue weighted by Gasteiger charge is -2.07. The zero-order valence-corrected chi connectivity index (χ0v) is 11.6. The Morgan fingerprint density at radius 2 is 1.80 bits per heavy atom. The van der Waals surface area contributed by atoms with Crippen LogP contribution in [0.25, 0.3) is 22.3 Å². The van der Waals surface area contributed by atoms with Crippen molar-refractivity contribution in [3.05, 3.63) is 64.4 Å². The van der Waals surface area contributed by atoms with Gasteiger partial charge in [-0.3, -0.25) is 4.79 Å². The van der Waals surface area contributed by atoms with Gasteiger partial charge in [-0.2, -0.15) is 0 Å². The number of aromatic nitrogens is 2. The number of nitrogens with one attached hydrogen (secondary N) is 1. The predicted octanol–water partition coefficient (Wildman–Crippen LogP) is 3.71. The van der Waals surface area contributed by atoms with Crippen LogP contribution < -0.4 is 5.56 Å². The molecule has 20 heavy (non-hydrogen) atoms. The number of rotatable bonds is 2. The lowest BCUT2D eigenvalue weighted by molar-refractivity contribution is 0.868. The van der Waals surface area contributed by atoms with Crippen molar-refractivity contribution in [3.8, 4) is 11.4 Å². The normalized spacial score (nSPS) is 11.2. The summed E-state index contributed by atoms with van der Waals surface area (Å²) in [7, 11) is 0. The van der Waals surface area contributed by atoms with Crippen molar-refractivity contribution < 1.29 is 0 Å². The maximum atomic E-state index is 12.3. The van der Waals surface area contributed by atoms with E-state index in [0.717, 1.165) is 16.6 Å². The van der Waals surface area contributed by atoms with Gasteiger partial charge in [0.05, 0.1) is 10.9 Å². The summed E-state index contributed by atoms with van der Waals surface area (Å²) in [4.78, 5) is 19.7. The molecule has 1 N–H and O–H groups in total. The van der Waals surface area contributed by atoms with Crippen molar-refractivity contribution in [2.24, 2.45) is 0 Å². The molecule has 3 aromatic rings. The number of nitrogens with zero attached hydrogens (tertiary/aromatic N) is 1. The second-order valence-electron chi connectivity index (χ2n) is 5.21. The van der Waals surface area contributed by atoms with E-state index in [1.165, 1.54) is 0 Å². The van der Waals surface area contributed by atoms with Crippen molar-refractivity contribution >= 4 is 10.9 Å². The third-order valence-corrected chi connectivity index (χ3v) is 3.44. The minimum Gasteiger partial charge on any atom is -0.306 e. The van der Waals surface area contributed by atoms with Crippen molar-refractivity contribution in [2.45, 2.75) is 19.8 Å². The van der Waals surface area contributed by atoms with Gasteiger partial charge in [0.1, 0.15) is 5.82 Å². The first-order valence-corrected chi connectivity index (χ1v) is 6.74. The minimum atomic E-state index is -0.0867. The molecule has 0 saturated heterocycles. The Balaban J connectivity index is 2.21. The average Bonchev–Trinajstić information content (AvgIpc) is 2.47. The maximum Gasteiger partial charge on any atom is 0.259 e. The highest BCUT2D eigenvalue weighted by molar-refractivity contribution is 5.80.